The maximum Gasteiger partial charge on any atom is 0.270 e. The standard InChI is InChI=1S/C16H12N4O3S/c17-15-14(13(21)10-5-4-8-12(9-10)20(22)23)24-16(19-15)18-11-6-2-1-3-7-11/h1-9H,17H2,(H,18,19). The second-order valence-electron chi connectivity index (χ2n) is 4.86. The topological polar surface area (TPSA) is 111 Å². The molecule has 0 aliphatic rings. The van der Waals surface area contributed by atoms with Crippen molar-refractivity contribution in [3.05, 3.63) is 75.2 Å². The number of nitro benzene ring substituents is 1. The van der Waals surface area contributed by atoms with E-state index in [0.29, 0.717) is 5.13 Å². The van der Waals surface area contributed by atoms with Crippen LogP contribution in [0.2, 0.25) is 0 Å². The van der Waals surface area contributed by atoms with Crippen LogP contribution in [0.5, 0.6) is 0 Å². The lowest BCUT2D eigenvalue weighted by molar-refractivity contribution is -0.384. The second kappa shape index (κ2) is 6.47. The summed E-state index contributed by atoms with van der Waals surface area (Å²) < 4.78 is 0. The number of thiazole rings is 1. The van der Waals surface area contributed by atoms with Gasteiger partial charge in [0.05, 0.1) is 4.92 Å². The van der Waals surface area contributed by atoms with Gasteiger partial charge in [0.2, 0.25) is 5.78 Å². The highest BCUT2D eigenvalue weighted by atomic mass is 32.1. The van der Waals surface area contributed by atoms with Crippen LogP contribution in [0, 0.1) is 10.1 Å². The maximum absolute atomic E-state index is 12.5. The molecule has 1 heterocycles. The number of non-ortho nitro benzene ring substituents is 1. The average molecular weight is 340 g/mol. The number of nitrogens with two attached hydrogens (primary N) is 1. The van der Waals surface area contributed by atoms with E-state index in [2.05, 4.69) is 10.3 Å². The summed E-state index contributed by atoms with van der Waals surface area (Å²) in [6.07, 6.45) is 0. The van der Waals surface area contributed by atoms with E-state index in [1.165, 1.54) is 24.3 Å². The zero-order chi connectivity index (χ0) is 17.1. The first-order valence-electron chi connectivity index (χ1n) is 6.92. The Morgan fingerprint density at radius 1 is 1.17 bits per heavy atom. The number of anilines is 3. The van der Waals surface area contributed by atoms with Crippen molar-refractivity contribution in [3.63, 3.8) is 0 Å². The average Bonchev–Trinajstić information content (AvgIpc) is 2.95. The third-order valence-corrected chi connectivity index (χ3v) is 4.19. The van der Waals surface area contributed by atoms with Crippen molar-refractivity contribution >= 4 is 39.4 Å². The normalized spacial score (nSPS) is 10.3. The first-order valence-corrected chi connectivity index (χ1v) is 7.74. The molecule has 24 heavy (non-hydrogen) atoms. The number of nitro groups is 1. The molecule has 0 aliphatic carbocycles. The zero-order valence-electron chi connectivity index (χ0n) is 12.3. The van der Waals surface area contributed by atoms with Crippen molar-refractivity contribution in [1.82, 2.24) is 4.98 Å². The summed E-state index contributed by atoms with van der Waals surface area (Å²) in [5.41, 5.74) is 6.71. The summed E-state index contributed by atoms with van der Waals surface area (Å²) in [6.45, 7) is 0. The number of hydrogen-bond donors (Lipinski definition) is 2. The minimum Gasteiger partial charge on any atom is -0.382 e. The summed E-state index contributed by atoms with van der Waals surface area (Å²) >= 11 is 1.10. The summed E-state index contributed by atoms with van der Waals surface area (Å²) in [5, 5.41) is 14.4. The lowest BCUT2D eigenvalue weighted by atomic mass is 10.1. The van der Waals surface area contributed by atoms with Crippen molar-refractivity contribution in [2.24, 2.45) is 0 Å². The molecule has 0 spiro atoms. The first-order chi connectivity index (χ1) is 11.5. The van der Waals surface area contributed by atoms with Crippen LogP contribution >= 0.6 is 11.3 Å². The first kappa shape index (κ1) is 15.6. The molecule has 0 saturated heterocycles. The molecule has 0 unspecified atom stereocenters. The van der Waals surface area contributed by atoms with Crippen LogP contribution in [0.1, 0.15) is 15.2 Å². The fraction of sp³-hybridized carbons (Fsp3) is 0. The third kappa shape index (κ3) is 3.23. The smallest absolute Gasteiger partial charge is 0.270 e. The van der Waals surface area contributed by atoms with Gasteiger partial charge in [-0.3, -0.25) is 14.9 Å². The molecule has 0 fully saturated rings. The molecular weight excluding hydrogens is 328 g/mol. The second-order valence-corrected chi connectivity index (χ2v) is 5.86. The number of hydrogen-bond acceptors (Lipinski definition) is 7. The van der Waals surface area contributed by atoms with E-state index in [9.17, 15) is 14.9 Å². The van der Waals surface area contributed by atoms with Crippen molar-refractivity contribution in [2.75, 3.05) is 11.1 Å². The van der Waals surface area contributed by atoms with Gasteiger partial charge >= 0.3 is 0 Å². The van der Waals surface area contributed by atoms with Crippen LogP contribution < -0.4 is 11.1 Å². The van der Waals surface area contributed by atoms with Crippen LogP contribution in [-0.2, 0) is 0 Å². The van der Waals surface area contributed by atoms with Crippen molar-refractivity contribution in [2.45, 2.75) is 0 Å². The number of nitrogens with one attached hydrogen (secondary N) is 1. The van der Waals surface area contributed by atoms with Crippen LogP contribution in [0.25, 0.3) is 0 Å². The Morgan fingerprint density at radius 3 is 2.62 bits per heavy atom. The van der Waals surface area contributed by atoms with Crippen molar-refractivity contribution in [1.29, 1.82) is 0 Å². The van der Waals surface area contributed by atoms with E-state index in [1.807, 2.05) is 30.3 Å². The van der Waals surface area contributed by atoms with Gasteiger partial charge in [0, 0.05) is 23.4 Å². The Labute approximate surface area is 140 Å². The van der Waals surface area contributed by atoms with E-state index in [1.54, 1.807) is 0 Å². The van der Waals surface area contributed by atoms with E-state index in [0.717, 1.165) is 17.0 Å². The lowest BCUT2D eigenvalue weighted by Crippen LogP contribution is -2.03. The minimum absolute atomic E-state index is 0.0925. The number of para-hydroxylation sites is 1. The van der Waals surface area contributed by atoms with Gasteiger partial charge in [0.25, 0.3) is 5.69 Å². The van der Waals surface area contributed by atoms with E-state index in [-0.39, 0.29) is 21.9 Å². The Bertz CT molecular complexity index is 909. The molecule has 0 saturated carbocycles. The van der Waals surface area contributed by atoms with Gasteiger partial charge in [0.15, 0.2) is 5.13 Å². The highest BCUT2D eigenvalue weighted by Gasteiger charge is 2.20. The van der Waals surface area contributed by atoms with E-state index >= 15 is 0 Å². The number of aromatic nitrogens is 1. The van der Waals surface area contributed by atoms with Gasteiger partial charge in [-0.2, -0.15) is 0 Å². The van der Waals surface area contributed by atoms with Gasteiger partial charge in [0.1, 0.15) is 10.7 Å². The molecule has 0 bridgehead atoms. The molecule has 2 aromatic carbocycles. The zero-order valence-corrected chi connectivity index (χ0v) is 13.1. The molecular formula is C16H12N4O3S. The fourth-order valence-electron chi connectivity index (χ4n) is 2.08. The van der Waals surface area contributed by atoms with Crippen LogP contribution in [0.15, 0.2) is 54.6 Å². The van der Waals surface area contributed by atoms with Crippen LogP contribution in [0.3, 0.4) is 0 Å². The van der Waals surface area contributed by atoms with Crippen molar-refractivity contribution in [3.8, 4) is 0 Å². The SMILES string of the molecule is Nc1nc(Nc2ccccc2)sc1C(=O)c1cccc([N+](=O)[O-])c1. The predicted octanol–water partition coefficient (Wildman–Crippen LogP) is 3.61. The predicted molar refractivity (Wildman–Crippen MR) is 92.8 cm³/mol. The Morgan fingerprint density at radius 2 is 1.92 bits per heavy atom. The van der Waals surface area contributed by atoms with Crippen LogP contribution in [0.4, 0.5) is 22.3 Å². The number of benzene rings is 2. The number of rotatable bonds is 5. The molecule has 7 nitrogen and oxygen atoms in total. The number of nitrogen functional groups attached to an aromatic ring is 1. The number of carbonyl (C=O) groups is 1. The molecule has 0 amide bonds. The molecule has 3 N–H and O–H groups in total. The molecule has 3 aromatic rings. The Hall–Kier alpha value is -3.26. The molecule has 1 aromatic heterocycles. The minimum atomic E-state index is -0.546. The lowest BCUT2D eigenvalue weighted by Gasteiger charge is -2.00. The summed E-state index contributed by atoms with van der Waals surface area (Å²) in [4.78, 5) is 27.2. The van der Waals surface area contributed by atoms with Gasteiger partial charge < -0.3 is 11.1 Å². The van der Waals surface area contributed by atoms with Gasteiger partial charge in [-0.25, -0.2) is 4.98 Å². The molecule has 0 aliphatic heterocycles. The molecule has 0 radical (unpaired) electrons. The quantitative estimate of drug-likeness (QED) is 0.417. The van der Waals surface area contributed by atoms with Gasteiger partial charge in [-0.05, 0) is 12.1 Å². The third-order valence-electron chi connectivity index (χ3n) is 3.20. The number of ketones is 1. The van der Waals surface area contributed by atoms with Crippen molar-refractivity contribution < 1.29 is 9.72 Å². The maximum atomic E-state index is 12.5. The van der Waals surface area contributed by atoms with E-state index in [4.69, 9.17) is 5.73 Å². The number of carbonyl (C=O) groups excluding carboxylic acids is 1. The summed E-state index contributed by atoms with van der Waals surface area (Å²) in [6, 6.07) is 14.9. The highest BCUT2D eigenvalue weighted by molar-refractivity contribution is 7.18. The van der Waals surface area contributed by atoms with Gasteiger partial charge in [-0.15, -0.1) is 0 Å². The molecule has 3 rings (SSSR count). The Balaban J connectivity index is 1.88. The molecule has 120 valence electrons. The molecule has 0 atom stereocenters. The summed E-state index contributed by atoms with van der Waals surface area (Å²) in [7, 11) is 0. The Kier molecular flexibility index (Phi) is 4.21. The largest absolute Gasteiger partial charge is 0.382 e. The highest BCUT2D eigenvalue weighted by Crippen LogP contribution is 2.30. The molecule has 8 heteroatoms. The summed E-state index contributed by atoms with van der Waals surface area (Å²) in [5.74, 6) is -0.301. The van der Waals surface area contributed by atoms with E-state index < -0.39 is 10.7 Å². The van der Waals surface area contributed by atoms with Crippen LogP contribution in [-0.4, -0.2) is 15.7 Å². The fourth-order valence-corrected chi connectivity index (χ4v) is 2.95. The monoisotopic (exact) mass is 340 g/mol. The van der Waals surface area contributed by atoms with Gasteiger partial charge in [-0.1, -0.05) is 41.7 Å². The number of nitrogens with zero attached hydrogens (tertiary/aromatic N) is 2.